The van der Waals surface area contributed by atoms with Crippen molar-refractivity contribution in [2.75, 3.05) is 26.3 Å². The summed E-state index contributed by atoms with van der Waals surface area (Å²) in [6, 6.07) is 1.96. The van der Waals surface area contributed by atoms with Crippen LogP contribution in [0.15, 0.2) is 22.9 Å². The van der Waals surface area contributed by atoms with Crippen molar-refractivity contribution in [3.63, 3.8) is 0 Å². The third-order valence-corrected chi connectivity index (χ3v) is 4.66. The highest BCUT2D eigenvalue weighted by Gasteiger charge is 2.33. The summed E-state index contributed by atoms with van der Waals surface area (Å²) in [6.07, 6.45) is 5.78. The topological polar surface area (TPSA) is 62.6 Å². The summed E-state index contributed by atoms with van der Waals surface area (Å²) in [6.45, 7) is 8.75. The zero-order chi connectivity index (χ0) is 16.9. The molecule has 5 heteroatoms. The molecule has 0 aromatic rings. The molecule has 0 spiro atoms. The van der Waals surface area contributed by atoms with Gasteiger partial charge in [0.2, 0.25) is 0 Å². The number of nitrogens with zero attached hydrogens (tertiary/aromatic N) is 2. The van der Waals surface area contributed by atoms with Crippen molar-refractivity contribution in [1.29, 1.82) is 5.26 Å². The first kappa shape index (κ1) is 17.6. The van der Waals surface area contributed by atoms with Gasteiger partial charge >= 0.3 is 5.97 Å². The summed E-state index contributed by atoms with van der Waals surface area (Å²) in [5.41, 5.74) is 2.02. The first-order valence-electron chi connectivity index (χ1n) is 8.43. The molecule has 2 rings (SSSR count). The normalized spacial score (nSPS) is 25.5. The standard InChI is InChI=1S/C18H26N2O3/c1-4-18(3)11-16(20-8-6-7-9-20)15(13-23-18)10-14(12-19)17(21)22-5-2/h10H,4-9,11,13H2,1-3H3/b14-10-/t18-/m1/s1. The number of hydrogen-bond acceptors (Lipinski definition) is 5. The minimum absolute atomic E-state index is 0.0437. The van der Waals surface area contributed by atoms with Gasteiger partial charge in [0.15, 0.2) is 0 Å². The Kier molecular flexibility index (Phi) is 5.84. The molecule has 0 aromatic carbocycles. The lowest BCUT2D eigenvalue weighted by Gasteiger charge is -2.39. The highest BCUT2D eigenvalue weighted by Crippen LogP contribution is 2.35. The molecule has 0 aliphatic carbocycles. The lowest BCUT2D eigenvalue weighted by atomic mass is 9.90. The van der Waals surface area contributed by atoms with Gasteiger partial charge in [0.25, 0.3) is 0 Å². The zero-order valence-corrected chi connectivity index (χ0v) is 14.4. The van der Waals surface area contributed by atoms with E-state index in [4.69, 9.17) is 9.47 Å². The van der Waals surface area contributed by atoms with E-state index in [0.29, 0.717) is 6.61 Å². The Bertz CT molecular complexity index is 553. The van der Waals surface area contributed by atoms with Gasteiger partial charge < -0.3 is 14.4 Å². The zero-order valence-electron chi connectivity index (χ0n) is 14.4. The molecule has 5 nitrogen and oxygen atoms in total. The second-order valence-corrected chi connectivity index (χ2v) is 6.33. The van der Waals surface area contributed by atoms with Crippen molar-refractivity contribution in [3.05, 3.63) is 22.9 Å². The monoisotopic (exact) mass is 318 g/mol. The highest BCUT2D eigenvalue weighted by molar-refractivity contribution is 5.93. The van der Waals surface area contributed by atoms with Crippen LogP contribution in [0.1, 0.15) is 46.5 Å². The maximum Gasteiger partial charge on any atom is 0.348 e. The lowest BCUT2D eigenvalue weighted by Crippen LogP contribution is -2.38. The van der Waals surface area contributed by atoms with Crippen molar-refractivity contribution < 1.29 is 14.3 Å². The summed E-state index contributed by atoms with van der Waals surface area (Å²) >= 11 is 0. The fraction of sp³-hybridized carbons (Fsp3) is 0.667. The Hall–Kier alpha value is -1.80. The third kappa shape index (κ3) is 4.14. The third-order valence-electron chi connectivity index (χ3n) is 4.66. The number of esters is 1. The van der Waals surface area contributed by atoms with E-state index in [9.17, 15) is 10.1 Å². The maximum absolute atomic E-state index is 11.9. The Morgan fingerprint density at radius 1 is 1.43 bits per heavy atom. The fourth-order valence-corrected chi connectivity index (χ4v) is 3.03. The minimum Gasteiger partial charge on any atom is -0.462 e. The second-order valence-electron chi connectivity index (χ2n) is 6.33. The smallest absolute Gasteiger partial charge is 0.348 e. The van der Waals surface area contributed by atoms with Gasteiger partial charge in [0, 0.05) is 25.2 Å². The van der Waals surface area contributed by atoms with Crippen LogP contribution in [0.4, 0.5) is 0 Å². The lowest BCUT2D eigenvalue weighted by molar-refractivity contribution is -0.138. The largest absolute Gasteiger partial charge is 0.462 e. The number of nitriles is 1. The van der Waals surface area contributed by atoms with Gasteiger partial charge in [-0.2, -0.15) is 5.26 Å². The first-order chi connectivity index (χ1) is 11.0. The van der Waals surface area contributed by atoms with Gasteiger partial charge in [-0.15, -0.1) is 0 Å². The van der Waals surface area contributed by atoms with Crippen LogP contribution < -0.4 is 0 Å². The van der Waals surface area contributed by atoms with Gasteiger partial charge in [-0.25, -0.2) is 4.79 Å². The first-order valence-corrected chi connectivity index (χ1v) is 8.43. The number of hydrogen-bond donors (Lipinski definition) is 0. The van der Waals surface area contributed by atoms with Crippen LogP contribution in [0.25, 0.3) is 0 Å². The van der Waals surface area contributed by atoms with Crippen LogP contribution in [-0.4, -0.2) is 42.8 Å². The van der Waals surface area contributed by atoms with E-state index in [2.05, 4.69) is 18.7 Å². The van der Waals surface area contributed by atoms with E-state index in [1.807, 2.05) is 6.07 Å². The van der Waals surface area contributed by atoms with Gasteiger partial charge in [-0.05, 0) is 44.8 Å². The molecule has 0 unspecified atom stereocenters. The molecule has 1 saturated heterocycles. The van der Waals surface area contributed by atoms with E-state index in [1.165, 1.54) is 18.5 Å². The van der Waals surface area contributed by atoms with E-state index >= 15 is 0 Å². The molecule has 0 N–H and O–H groups in total. The molecule has 0 amide bonds. The van der Waals surface area contributed by atoms with E-state index in [0.717, 1.165) is 31.5 Å². The van der Waals surface area contributed by atoms with Gasteiger partial charge in [-0.3, -0.25) is 0 Å². The van der Waals surface area contributed by atoms with Gasteiger partial charge in [-0.1, -0.05) is 6.92 Å². The van der Waals surface area contributed by atoms with Crippen LogP contribution in [0.5, 0.6) is 0 Å². The van der Waals surface area contributed by atoms with Crippen molar-refractivity contribution in [3.8, 4) is 6.07 Å². The molecule has 23 heavy (non-hydrogen) atoms. The molecule has 126 valence electrons. The summed E-state index contributed by atoms with van der Waals surface area (Å²) in [5.74, 6) is -0.563. The number of likely N-dealkylation sites (tertiary alicyclic amines) is 1. The molecule has 2 aliphatic heterocycles. The summed E-state index contributed by atoms with van der Waals surface area (Å²) in [7, 11) is 0. The fourth-order valence-electron chi connectivity index (χ4n) is 3.03. The molecule has 2 heterocycles. The molecule has 2 aliphatic rings. The Balaban J connectivity index is 2.35. The molecule has 0 bridgehead atoms. The summed E-state index contributed by atoms with van der Waals surface area (Å²) < 4.78 is 11.0. The van der Waals surface area contributed by atoms with Crippen LogP contribution in [0.2, 0.25) is 0 Å². The predicted molar refractivity (Wildman–Crippen MR) is 87.4 cm³/mol. The predicted octanol–water partition coefficient (Wildman–Crippen LogP) is 2.94. The molecule has 0 radical (unpaired) electrons. The molecule has 1 fully saturated rings. The second kappa shape index (κ2) is 7.65. The van der Waals surface area contributed by atoms with Crippen LogP contribution in [0.3, 0.4) is 0 Å². The van der Waals surface area contributed by atoms with E-state index < -0.39 is 5.97 Å². The number of carbonyl (C=O) groups excluding carboxylic acids is 1. The van der Waals surface area contributed by atoms with Crippen molar-refractivity contribution >= 4 is 5.97 Å². The molecule has 0 aromatic heterocycles. The van der Waals surface area contributed by atoms with Crippen LogP contribution in [0, 0.1) is 11.3 Å². The quantitative estimate of drug-likeness (QED) is 0.443. The minimum atomic E-state index is -0.563. The summed E-state index contributed by atoms with van der Waals surface area (Å²) in [4.78, 5) is 14.2. The van der Waals surface area contributed by atoms with Crippen molar-refractivity contribution in [2.45, 2.75) is 52.1 Å². The average molecular weight is 318 g/mol. The van der Waals surface area contributed by atoms with E-state index in [-0.39, 0.29) is 17.8 Å². The van der Waals surface area contributed by atoms with Crippen LogP contribution >= 0.6 is 0 Å². The Labute approximate surface area is 138 Å². The molecular formula is C18H26N2O3. The van der Waals surface area contributed by atoms with Crippen molar-refractivity contribution in [2.24, 2.45) is 0 Å². The van der Waals surface area contributed by atoms with Crippen molar-refractivity contribution in [1.82, 2.24) is 4.90 Å². The number of carbonyl (C=O) groups is 1. The Morgan fingerprint density at radius 3 is 2.70 bits per heavy atom. The molecular weight excluding hydrogens is 292 g/mol. The van der Waals surface area contributed by atoms with E-state index in [1.54, 1.807) is 13.0 Å². The van der Waals surface area contributed by atoms with Gasteiger partial charge in [0.1, 0.15) is 11.6 Å². The number of rotatable bonds is 5. The van der Waals surface area contributed by atoms with Crippen LogP contribution in [-0.2, 0) is 14.3 Å². The molecule has 1 atom stereocenters. The molecule has 0 saturated carbocycles. The SMILES string of the molecule is CCOC(=O)/C(C#N)=C\C1=C(N2CCCC2)C[C@@](C)(CC)OC1. The van der Waals surface area contributed by atoms with Gasteiger partial charge in [0.05, 0.1) is 18.8 Å². The Morgan fingerprint density at radius 2 is 2.13 bits per heavy atom. The maximum atomic E-state index is 11.9. The highest BCUT2D eigenvalue weighted by atomic mass is 16.5. The summed E-state index contributed by atoms with van der Waals surface area (Å²) in [5, 5.41) is 9.26. The number of ether oxygens (including phenoxy) is 2. The average Bonchev–Trinajstić information content (AvgIpc) is 3.08.